The first-order valence-electron chi connectivity index (χ1n) is 3.36. The molecule has 1 rings (SSSR count). The molecule has 0 saturated carbocycles. The average Bonchev–Trinajstić information content (AvgIpc) is 1.97. The summed E-state index contributed by atoms with van der Waals surface area (Å²) in [6.45, 7) is 0. The Morgan fingerprint density at radius 3 is 2.27 bits per heavy atom. The molecule has 3 nitrogen and oxygen atoms in total. The fourth-order valence-electron chi connectivity index (χ4n) is 0.865. The zero-order valence-corrected chi connectivity index (χ0v) is 12.0. The summed E-state index contributed by atoms with van der Waals surface area (Å²) in [4.78, 5) is 0. The maximum Gasteiger partial charge on any atom is 1.00 e. The van der Waals surface area contributed by atoms with Crippen LogP contribution in [0, 0.1) is 5.82 Å². The Morgan fingerprint density at radius 2 is 1.80 bits per heavy atom. The van der Waals surface area contributed by atoms with Gasteiger partial charge in [0.15, 0.2) is 0 Å². The van der Waals surface area contributed by atoms with Crippen LogP contribution in [-0.2, 0) is 15.9 Å². The SMILES string of the molecule is O=S(=O)([O-])Cc1cc(F)c(Cl)cc1Cl.[Na+]. The Bertz CT molecular complexity index is 464. The van der Waals surface area contributed by atoms with Gasteiger partial charge in [-0.3, -0.25) is 0 Å². The molecule has 0 spiro atoms. The van der Waals surface area contributed by atoms with E-state index in [1.165, 1.54) is 0 Å². The molecule has 0 bridgehead atoms. The van der Waals surface area contributed by atoms with E-state index in [1.807, 2.05) is 0 Å². The van der Waals surface area contributed by atoms with Gasteiger partial charge in [0.2, 0.25) is 0 Å². The van der Waals surface area contributed by atoms with Crippen LogP contribution < -0.4 is 29.6 Å². The van der Waals surface area contributed by atoms with Gasteiger partial charge < -0.3 is 4.55 Å². The predicted octanol–water partition coefficient (Wildman–Crippen LogP) is -0.818. The summed E-state index contributed by atoms with van der Waals surface area (Å²) in [6.07, 6.45) is 0. The Hall–Kier alpha value is 0.640. The Balaban J connectivity index is 0.00000196. The summed E-state index contributed by atoms with van der Waals surface area (Å²) < 4.78 is 44.0. The number of halogens is 3. The third-order valence-electron chi connectivity index (χ3n) is 1.42. The van der Waals surface area contributed by atoms with Gasteiger partial charge in [0.05, 0.1) is 20.9 Å². The smallest absolute Gasteiger partial charge is 0.748 e. The Labute approximate surface area is 119 Å². The molecular formula is C7H4Cl2FNaO3S. The van der Waals surface area contributed by atoms with Crippen LogP contribution in [0.1, 0.15) is 5.56 Å². The summed E-state index contributed by atoms with van der Waals surface area (Å²) in [5.74, 6) is -1.66. The van der Waals surface area contributed by atoms with E-state index in [1.54, 1.807) is 0 Å². The fourth-order valence-corrected chi connectivity index (χ4v) is 2.01. The van der Waals surface area contributed by atoms with Gasteiger partial charge >= 0.3 is 29.6 Å². The van der Waals surface area contributed by atoms with Crippen LogP contribution in [0.15, 0.2) is 12.1 Å². The van der Waals surface area contributed by atoms with E-state index < -0.39 is 21.7 Å². The molecular weight excluding hydrogens is 277 g/mol. The standard InChI is InChI=1S/C7H5Cl2FO3S.Na/c8-5-2-6(9)7(10)1-4(5)3-14(11,12)13;/h1-2H,3H2,(H,11,12,13);/q;+1/p-1. The molecule has 0 aromatic heterocycles. The maximum absolute atomic E-state index is 12.8. The molecule has 0 aliphatic rings. The van der Waals surface area contributed by atoms with E-state index in [4.69, 9.17) is 23.2 Å². The number of rotatable bonds is 2. The molecule has 0 atom stereocenters. The van der Waals surface area contributed by atoms with Crippen molar-refractivity contribution in [3.63, 3.8) is 0 Å². The summed E-state index contributed by atoms with van der Waals surface area (Å²) in [5.41, 5.74) is -0.0939. The van der Waals surface area contributed by atoms with E-state index in [2.05, 4.69) is 0 Å². The molecule has 0 fully saturated rings. The minimum absolute atomic E-state index is 0. The van der Waals surface area contributed by atoms with Crippen LogP contribution in [0.4, 0.5) is 4.39 Å². The van der Waals surface area contributed by atoms with Crippen LogP contribution >= 0.6 is 23.2 Å². The molecule has 15 heavy (non-hydrogen) atoms. The quantitative estimate of drug-likeness (QED) is 0.404. The minimum Gasteiger partial charge on any atom is -0.748 e. The van der Waals surface area contributed by atoms with Gasteiger partial charge in [0, 0.05) is 5.02 Å². The molecule has 0 saturated heterocycles. The van der Waals surface area contributed by atoms with Gasteiger partial charge in [-0.15, -0.1) is 0 Å². The van der Waals surface area contributed by atoms with Gasteiger partial charge in [0.25, 0.3) is 0 Å². The predicted molar refractivity (Wildman–Crippen MR) is 49.8 cm³/mol. The summed E-state index contributed by atoms with van der Waals surface area (Å²) in [6, 6.07) is 1.89. The van der Waals surface area contributed by atoms with Gasteiger partial charge in [-0.05, 0) is 17.7 Å². The van der Waals surface area contributed by atoms with Crippen molar-refractivity contribution in [2.24, 2.45) is 0 Å². The van der Waals surface area contributed by atoms with Crippen molar-refractivity contribution in [1.82, 2.24) is 0 Å². The summed E-state index contributed by atoms with van der Waals surface area (Å²) in [5, 5.41) is -0.266. The summed E-state index contributed by atoms with van der Waals surface area (Å²) >= 11 is 10.9. The van der Waals surface area contributed by atoms with E-state index in [0.29, 0.717) is 0 Å². The van der Waals surface area contributed by atoms with Crippen LogP contribution in [-0.4, -0.2) is 13.0 Å². The van der Waals surface area contributed by atoms with Crippen LogP contribution in [0.3, 0.4) is 0 Å². The van der Waals surface area contributed by atoms with E-state index in [0.717, 1.165) is 12.1 Å². The molecule has 0 amide bonds. The first-order chi connectivity index (χ1) is 6.29. The van der Waals surface area contributed by atoms with Gasteiger partial charge in [-0.25, -0.2) is 12.8 Å². The van der Waals surface area contributed by atoms with Crippen LogP contribution in [0.2, 0.25) is 10.0 Å². The van der Waals surface area contributed by atoms with Crippen molar-refractivity contribution in [3.05, 3.63) is 33.6 Å². The first-order valence-corrected chi connectivity index (χ1v) is 5.70. The number of hydrogen-bond donors (Lipinski definition) is 0. The molecule has 0 aliphatic heterocycles. The van der Waals surface area contributed by atoms with Crippen LogP contribution in [0.25, 0.3) is 0 Å². The van der Waals surface area contributed by atoms with E-state index >= 15 is 0 Å². The number of hydrogen-bond acceptors (Lipinski definition) is 3. The molecule has 0 radical (unpaired) electrons. The molecule has 78 valence electrons. The average molecular weight is 281 g/mol. The third-order valence-corrected chi connectivity index (χ3v) is 2.73. The zero-order valence-electron chi connectivity index (χ0n) is 7.63. The van der Waals surface area contributed by atoms with Crippen molar-refractivity contribution >= 4 is 33.3 Å². The van der Waals surface area contributed by atoms with E-state index in [-0.39, 0.29) is 45.2 Å². The second-order valence-electron chi connectivity index (χ2n) is 2.56. The summed E-state index contributed by atoms with van der Waals surface area (Å²) in [7, 11) is -4.47. The van der Waals surface area contributed by atoms with Crippen molar-refractivity contribution in [2.75, 3.05) is 0 Å². The van der Waals surface area contributed by atoms with Crippen LogP contribution in [0.5, 0.6) is 0 Å². The molecule has 1 aromatic carbocycles. The zero-order chi connectivity index (χ0) is 10.9. The van der Waals surface area contributed by atoms with Gasteiger partial charge in [-0.2, -0.15) is 0 Å². The van der Waals surface area contributed by atoms with Crippen molar-refractivity contribution in [3.8, 4) is 0 Å². The minimum atomic E-state index is -4.47. The second-order valence-corrected chi connectivity index (χ2v) is 4.78. The topological polar surface area (TPSA) is 57.2 Å². The molecule has 1 aromatic rings. The van der Waals surface area contributed by atoms with Crippen molar-refractivity contribution < 1.29 is 46.9 Å². The first kappa shape index (κ1) is 15.6. The molecule has 0 unspecified atom stereocenters. The number of benzene rings is 1. The normalized spacial score (nSPS) is 10.9. The fraction of sp³-hybridized carbons (Fsp3) is 0.143. The Morgan fingerprint density at radius 1 is 1.27 bits per heavy atom. The van der Waals surface area contributed by atoms with Crippen molar-refractivity contribution in [2.45, 2.75) is 5.75 Å². The third kappa shape index (κ3) is 4.99. The second kappa shape index (κ2) is 5.82. The van der Waals surface area contributed by atoms with Crippen molar-refractivity contribution in [1.29, 1.82) is 0 Å². The monoisotopic (exact) mass is 280 g/mol. The largest absolute Gasteiger partial charge is 1.00 e. The Kier molecular flexibility index (Phi) is 6.06. The molecule has 0 N–H and O–H groups in total. The maximum atomic E-state index is 12.8. The van der Waals surface area contributed by atoms with Gasteiger partial charge in [0.1, 0.15) is 5.82 Å². The molecule has 8 heteroatoms. The van der Waals surface area contributed by atoms with Gasteiger partial charge in [-0.1, -0.05) is 23.2 Å². The van der Waals surface area contributed by atoms with E-state index in [9.17, 15) is 17.4 Å². The molecule has 0 heterocycles. The molecule has 0 aliphatic carbocycles.